The van der Waals surface area contributed by atoms with Crippen molar-refractivity contribution in [3.63, 3.8) is 0 Å². The molecular weight excluding hydrogens is 229 g/mol. The molecule has 0 bridgehead atoms. The van der Waals surface area contributed by atoms with Gasteiger partial charge in [-0.1, -0.05) is 36.2 Å². The Balaban J connectivity index is 2.03. The van der Waals surface area contributed by atoms with Crippen molar-refractivity contribution in [1.82, 2.24) is 5.32 Å². The van der Waals surface area contributed by atoms with E-state index in [1.807, 2.05) is 12.1 Å². The standard InChI is InChI=1S/C12H13Cl2N/c1-7-9-5-15-6-12(7,9)8-2-3-10(13)11(14)4-8/h2-4,7,9,15H,5-6H2,1H3/t7-,9?,12-/m1/s1. The van der Waals surface area contributed by atoms with Crippen molar-refractivity contribution in [3.05, 3.63) is 33.8 Å². The molecule has 3 heteroatoms. The minimum atomic E-state index is 0.341. The molecule has 3 rings (SSSR count). The van der Waals surface area contributed by atoms with Gasteiger partial charge in [-0.2, -0.15) is 0 Å². The Morgan fingerprint density at radius 1 is 1.33 bits per heavy atom. The molecule has 1 unspecified atom stereocenters. The summed E-state index contributed by atoms with van der Waals surface area (Å²) in [6.45, 7) is 4.55. The van der Waals surface area contributed by atoms with Crippen molar-refractivity contribution in [1.29, 1.82) is 0 Å². The van der Waals surface area contributed by atoms with Crippen LogP contribution in [0.2, 0.25) is 10.0 Å². The van der Waals surface area contributed by atoms with Crippen LogP contribution in [-0.2, 0) is 5.41 Å². The maximum Gasteiger partial charge on any atom is 0.0595 e. The molecule has 0 radical (unpaired) electrons. The van der Waals surface area contributed by atoms with E-state index >= 15 is 0 Å². The normalized spacial score (nSPS) is 37.8. The van der Waals surface area contributed by atoms with Crippen molar-refractivity contribution in [2.24, 2.45) is 11.8 Å². The molecule has 2 fully saturated rings. The molecule has 1 saturated heterocycles. The zero-order valence-corrected chi connectivity index (χ0v) is 10.1. The molecule has 1 aliphatic heterocycles. The number of benzene rings is 1. The van der Waals surface area contributed by atoms with Crippen LogP contribution in [0, 0.1) is 11.8 Å². The van der Waals surface area contributed by atoms with Gasteiger partial charge in [-0.3, -0.25) is 0 Å². The van der Waals surface area contributed by atoms with Gasteiger partial charge in [0, 0.05) is 12.0 Å². The number of nitrogens with one attached hydrogen (secondary N) is 1. The van der Waals surface area contributed by atoms with Crippen LogP contribution in [0.3, 0.4) is 0 Å². The number of piperidine rings is 1. The minimum absolute atomic E-state index is 0.341. The van der Waals surface area contributed by atoms with Gasteiger partial charge in [-0.05, 0) is 36.1 Å². The van der Waals surface area contributed by atoms with Gasteiger partial charge in [-0.25, -0.2) is 0 Å². The van der Waals surface area contributed by atoms with E-state index in [2.05, 4.69) is 18.3 Å². The highest BCUT2D eigenvalue weighted by Gasteiger charge is 2.64. The minimum Gasteiger partial charge on any atom is -0.316 e. The summed E-state index contributed by atoms with van der Waals surface area (Å²) in [7, 11) is 0. The van der Waals surface area contributed by atoms with E-state index in [9.17, 15) is 0 Å². The first-order valence-corrected chi connectivity index (χ1v) is 6.08. The van der Waals surface area contributed by atoms with Gasteiger partial charge in [0.2, 0.25) is 0 Å². The van der Waals surface area contributed by atoms with Crippen molar-refractivity contribution in [2.45, 2.75) is 12.3 Å². The molecule has 0 spiro atoms. The average molecular weight is 242 g/mol. The SMILES string of the molecule is C[C@@H]1C2CNC[C@@]21c1ccc(Cl)c(Cl)c1. The summed E-state index contributed by atoms with van der Waals surface area (Å²) < 4.78 is 0. The molecule has 0 amide bonds. The molecule has 1 saturated carbocycles. The lowest BCUT2D eigenvalue weighted by atomic mass is 9.93. The van der Waals surface area contributed by atoms with Gasteiger partial charge in [0.1, 0.15) is 0 Å². The number of halogens is 2. The molecule has 1 N–H and O–H groups in total. The zero-order valence-electron chi connectivity index (χ0n) is 8.56. The molecule has 15 heavy (non-hydrogen) atoms. The highest BCUT2D eigenvalue weighted by atomic mass is 35.5. The third-order valence-electron chi connectivity index (χ3n) is 4.21. The quantitative estimate of drug-likeness (QED) is 0.797. The lowest BCUT2D eigenvalue weighted by Crippen LogP contribution is -2.22. The van der Waals surface area contributed by atoms with E-state index in [4.69, 9.17) is 23.2 Å². The van der Waals surface area contributed by atoms with Crippen molar-refractivity contribution >= 4 is 23.2 Å². The number of hydrogen-bond acceptors (Lipinski definition) is 1. The number of rotatable bonds is 1. The lowest BCUT2D eigenvalue weighted by molar-refractivity contribution is 0.591. The Morgan fingerprint density at radius 2 is 2.13 bits per heavy atom. The first-order chi connectivity index (χ1) is 7.16. The van der Waals surface area contributed by atoms with E-state index in [0.29, 0.717) is 15.5 Å². The second-order valence-electron chi connectivity index (χ2n) is 4.70. The highest BCUT2D eigenvalue weighted by Crippen LogP contribution is 2.61. The highest BCUT2D eigenvalue weighted by molar-refractivity contribution is 6.42. The molecule has 80 valence electrons. The number of hydrogen-bond donors (Lipinski definition) is 1. The third-order valence-corrected chi connectivity index (χ3v) is 4.95. The van der Waals surface area contributed by atoms with Crippen molar-refractivity contribution in [2.75, 3.05) is 13.1 Å². The molecule has 2 aliphatic rings. The van der Waals surface area contributed by atoms with Crippen molar-refractivity contribution < 1.29 is 0 Å². The van der Waals surface area contributed by atoms with E-state index in [-0.39, 0.29) is 0 Å². The molecular formula is C12H13Cl2N. The van der Waals surface area contributed by atoms with Gasteiger partial charge in [0.15, 0.2) is 0 Å². The van der Waals surface area contributed by atoms with Crippen LogP contribution in [0.5, 0.6) is 0 Å². The maximum absolute atomic E-state index is 6.07. The van der Waals surface area contributed by atoms with Crippen LogP contribution >= 0.6 is 23.2 Å². The summed E-state index contributed by atoms with van der Waals surface area (Å²) in [6, 6.07) is 6.07. The average Bonchev–Trinajstić information content (AvgIpc) is 2.64. The Bertz CT molecular complexity index is 418. The Hall–Kier alpha value is -0.240. The Kier molecular flexibility index (Phi) is 2.08. The molecule has 1 aliphatic carbocycles. The molecule has 0 aromatic heterocycles. The zero-order chi connectivity index (χ0) is 10.6. The van der Waals surface area contributed by atoms with E-state index in [1.165, 1.54) is 5.56 Å². The van der Waals surface area contributed by atoms with E-state index < -0.39 is 0 Å². The topological polar surface area (TPSA) is 12.0 Å². The molecule has 1 nitrogen and oxygen atoms in total. The van der Waals surface area contributed by atoms with Gasteiger partial charge < -0.3 is 5.32 Å². The monoisotopic (exact) mass is 241 g/mol. The van der Waals surface area contributed by atoms with Gasteiger partial charge in [0.25, 0.3) is 0 Å². The summed E-state index contributed by atoms with van der Waals surface area (Å²) >= 11 is 12.0. The van der Waals surface area contributed by atoms with E-state index in [0.717, 1.165) is 24.9 Å². The summed E-state index contributed by atoms with van der Waals surface area (Å²) in [4.78, 5) is 0. The van der Waals surface area contributed by atoms with Crippen LogP contribution < -0.4 is 5.32 Å². The predicted molar refractivity (Wildman–Crippen MR) is 63.7 cm³/mol. The third kappa shape index (κ3) is 1.20. The fourth-order valence-electron chi connectivity index (χ4n) is 3.18. The van der Waals surface area contributed by atoms with E-state index in [1.54, 1.807) is 0 Å². The van der Waals surface area contributed by atoms with Gasteiger partial charge in [0.05, 0.1) is 10.0 Å². The van der Waals surface area contributed by atoms with Crippen LogP contribution in [0.1, 0.15) is 12.5 Å². The summed E-state index contributed by atoms with van der Waals surface area (Å²) in [5, 5.41) is 4.77. The number of fused-ring (bicyclic) bond motifs is 1. The second-order valence-corrected chi connectivity index (χ2v) is 5.51. The van der Waals surface area contributed by atoms with Crippen LogP contribution in [0.15, 0.2) is 18.2 Å². The Morgan fingerprint density at radius 3 is 2.73 bits per heavy atom. The van der Waals surface area contributed by atoms with Gasteiger partial charge >= 0.3 is 0 Å². The summed E-state index contributed by atoms with van der Waals surface area (Å²) in [5.74, 6) is 1.56. The summed E-state index contributed by atoms with van der Waals surface area (Å²) in [5.41, 5.74) is 1.69. The van der Waals surface area contributed by atoms with Crippen LogP contribution in [0.4, 0.5) is 0 Å². The van der Waals surface area contributed by atoms with Gasteiger partial charge in [-0.15, -0.1) is 0 Å². The van der Waals surface area contributed by atoms with Crippen molar-refractivity contribution in [3.8, 4) is 0 Å². The predicted octanol–water partition coefficient (Wildman–Crippen LogP) is 3.10. The van der Waals surface area contributed by atoms with Crippen LogP contribution in [0.25, 0.3) is 0 Å². The molecule has 1 aromatic rings. The lowest BCUT2D eigenvalue weighted by Gasteiger charge is -2.15. The largest absolute Gasteiger partial charge is 0.316 e. The molecule has 1 aromatic carbocycles. The summed E-state index contributed by atoms with van der Waals surface area (Å²) in [6.07, 6.45) is 0. The fourth-order valence-corrected chi connectivity index (χ4v) is 3.47. The molecule has 3 atom stereocenters. The first kappa shape index (κ1) is 9.95. The Labute approximate surface area is 99.8 Å². The smallest absolute Gasteiger partial charge is 0.0595 e. The fraction of sp³-hybridized carbons (Fsp3) is 0.500. The van der Waals surface area contributed by atoms with Crippen LogP contribution in [-0.4, -0.2) is 13.1 Å². The second kappa shape index (κ2) is 3.13. The first-order valence-electron chi connectivity index (χ1n) is 5.32. The maximum atomic E-state index is 6.07. The molecule has 1 heterocycles.